The predicted octanol–water partition coefficient (Wildman–Crippen LogP) is 4.18. The van der Waals surface area contributed by atoms with E-state index in [1.807, 2.05) is 6.92 Å². The molecule has 0 radical (unpaired) electrons. The van der Waals surface area contributed by atoms with Gasteiger partial charge >= 0.3 is 0 Å². The maximum absolute atomic E-state index is 13.8. The Morgan fingerprint density at radius 1 is 1.35 bits per heavy atom. The van der Waals surface area contributed by atoms with Crippen molar-refractivity contribution in [2.24, 2.45) is 5.92 Å². The average Bonchev–Trinajstić information content (AvgIpc) is 3.07. The molecule has 1 unspecified atom stereocenters. The van der Waals surface area contributed by atoms with Gasteiger partial charge in [0.1, 0.15) is 11.6 Å². The van der Waals surface area contributed by atoms with Gasteiger partial charge in [-0.15, -0.1) is 0 Å². The van der Waals surface area contributed by atoms with Gasteiger partial charge in [-0.2, -0.15) is 0 Å². The monoisotopic (exact) mass is 303 g/mol. The fourth-order valence-electron chi connectivity index (χ4n) is 2.06. The Morgan fingerprint density at radius 3 is 2.65 bits per heavy atom. The molecule has 0 aliphatic heterocycles. The van der Waals surface area contributed by atoms with Crippen LogP contribution in [0.3, 0.4) is 0 Å². The molecule has 1 nitrogen and oxygen atoms in total. The van der Waals surface area contributed by atoms with Crippen molar-refractivity contribution in [3.05, 3.63) is 33.8 Å². The van der Waals surface area contributed by atoms with E-state index in [2.05, 4.69) is 21.2 Å². The molecule has 0 aromatic heterocycles. The van der Waals surface area contributed by atoms with E-state index in [1.165, 1.54) is 25.0 Å². The Kier molecular flexibility index (Phi) is 4.15. The van der Waals surface area contributed by atoms with Crippen molar-refractivity contribution in [3.8, 4) is 0 Å². The van der Waals surface area contributed by atoms with Crippen LogP contribution in [0, 0.1) is 17.6 Å². The number of hydrogen-bond acceptors (Lipinski definition) is 1. The lowest BCUT2D eigenvalue weighted by atomic mass is 10.0. The Hall–Kier alpha value is -0.480. The molecule has 4 heteroatoms. The van der Waals surface area contributed by atoms with Gasteiger partial charge in [-0.05, 0) is 46.9 Å². The van der Waals surface area contributed by atoms with E-state index < -0.39 is 5.82 Å². The van der Waals surface area contributed by atoms with Crippen LogP contribution < -0.4 is 5.32 Å². The van der Waals surface area contributed by atoms with E-state index in [0.717, 1.165) is 13.0 Å². The minimum atomic E-state index is -0.403. The summed E-state index contributed by atoms with van der Waals surface area (Å²) >= 11 is 3.00. The quantitative estimate of drug-likeness (QED) is 0.805. The van der Waals surface area contributed by atoms with Gasteiger partial charge in [-0.25, -0.2) is 8.78 Å². The Morgan fingerprint density at radius 2 is 2.06 bits per heavy atom. The van der Waals surface area contributed by atoms with Crippen molar-refractivity contribution in [2.75, 3.05) is 6.54 Å². The summed E-state index contributed by atoms with van der Waals surface area (Å²) in [7, 11) is 0. The van der Waals surface area contributed by atoms with Gasteiger partial charge in [0.05, 0.1) is 4.47 Å². The number of hydrogen-bond donors (Lipinski definition) is 1. The van der Waals surface area contributed by atoms with Gasteiger partial charge < -0.3 is 5.32 Å². The highest BCUT2D eigenvalue weighted by Crippen LogP contribution is 2.38. The zero-order valence-electron chi connectivity index (χ0n) is 9.77. The van der Waals surface area contributed by atoms with Crippen molar-refractivity contribution >= 4 is 15.9 Å². The van der Waals surface area contributed by atoms with E-state index in [9.17, 15) is 8.78 Å². The summed E-state index contributed by atoms with van der Waals surface area (Å²) in [4.78, 5) is 0. The second-order valence-electron chi connectivity index (χ2n) is 4.58. The van der Waals surface area contributed by atoms with E-state index in [4.69, 9.17) is 0 Å². The van der Waals surface area contributed by atoms with E-state index in [-0.39, 0.29) is 16.3 Å². The van der Waals surface area contributed by atoms with Crippen molar-refractivity contribution in [2.45, 2.75) is 32.2 Å². The van der Waals surface area contributed by atoms with Gasteiger partial charge in [0.2, 0.25) is 0 Å². The Balaban J connectivity index is 2.23. The van der Waals surface area contributed by atoms with Crippen LogP contribution >= 0.6 is 15.9 Å². The van der Waals surface area contributed by atoms with Crippen molar-refractivity contribution in [1.82, 2.24) is 5.32 Å². The summed E-state index contributed by atoms with van der Waals surface area (Å²) < 4.78 is 27.5. The molecule has 0 amide bonds. The van der Waals surface area contributed by atoms with E-state index in [0.29, 0.717) is 11.5 Å². The lowest BCUT2D eigenvalue weighted by molar-refractivity contribution is 0.458. The second-order valence-corrected chi connectivity index (χ2v) is 5.43. The zero-order valence-corrected chi connectivity index (χ0v) is 11.4. The topological polar surface area (TPSA) is 12.0 Å². The van der Waals surface area contributed by atoms with E-state index in [1.54, 1.807) is 0 Å². The largest absolute Gasteiger partial charge is 0.310 e. The predicted molar refractivity (Wildman–Crippen MR) is 67.8 cm³/mol. The standard InChI is InChI=1S/C13H16BrF2N/c1-2-17-13(5-8-3-4-8)9-6-12(16)10(14)7-11(9)15/h6-8,13,17H,2-5H2,1H3. The molecule has 1 aliphatic rings. The van der Waals surface area contributed by atoms with Gasteiger partial charge in [0, 0.05) is 11.6 Å². The fourth-order valence-corrected chi connectivity index (χ4v) is 2.37. The van der Waals surface area contributed by atoms with Crippen LogP contribution in [0.2, 0.25) is 0 Å². The summed E-state index contributed by atoms with van der Waals surface area (Å²) in [6.45, 7) is 2.74. The van der Waals surface area contributed by atoms with Crippen LogP contribution in [0.5, 0.6) is 0 Å². The molecule has 0 bridgehead atoms. The molecule has 1 N–H and O–H groups in total. The molecule has 1 fully saturated rings. The summed E-state index contributed by atoms with van der Waals surface area (Å²) in [6.07, 6.45) is 3.32. The van der Waals surface area contributed by atoms with Crippen molar-refractivity contribution in [3.63, 3.8) is 0 Å². The normalized spacial score (nSPS) is 17.2. The minimum absolute atomic E-state index is 0.0740. The van der Waals surface area contributed by atoms with Gasteiger partial charge in [0.25, 0.3) is 0 Å². The first-order valence-electron chi connectivity index (χ1n) is 5.99. The number of benzene rings is 1. The van der Waals surface area contributed by atoms with Crippen molar-refractivity contribution in [1.29, 1.82) is 0 Å². The highest BCUT2D eigenvalue weighted by Gasteiger charge is 2.27. The molecular weight excluding hydrogens is 288 g/mol. The molecule has 17 heavy (non-hydrogen) atoms. The zero-order chi connectivity index (χ0) is 12.4. The van der Waals surface area contributed by atoms with Gasteiger partial charge in [0.15, 0.2) is 0 Å². The highest BCUT2D eigenvalue weighted by atomic mass is 79.9. The van der Waals surface area contributed by atoms with Gasteiger partial charge in [-0.1, -0.05) is 19.8 Å². The summed E-state index contributed by atoms with van der Waals surface area (Å²) in [5.74, 6) is -0.0740. The molecule has 0 spiro atoms. The third kappa shape index (κ3) is 3.26. The molecule has 2 rings (SSSR count). The fraction of sp³-hybridized carbons (Fsp3) is 0.538. The third-order valence-corrected chi connectivity index (χ3v) is 3.74. The molecular formula is C13H16BrF2N. The van der Waals surface area contributed by atoms with Gasteiger partial charge in [-0.3, -0.25) is 0 Å². The first kappa shape index (κ1) is 13.0. The smallest absolute Gasteiger partial charge is 0.137 e. The van der Waals surface area contributed by atoms with Crippen LogP contribution in [0.25, 0.3) is 0 Å². The Labute approximate surface area is 109 Å². The van der Waals surface area contributed by atoms with Crippen LogP contribution in [-0.4, -0.2) is 6.54 Å². The number of nitrogens with one attached hydrogen (secondary N) is 1. The highest BCUT2D eigenvalue weighted by molar-refractivity contribution is 9.10. The maximum Gasteiger partial charge on any atom is 0.137 e. The second kappa shape index (κ2) is 5.44. The minimum Gasteiger partial charge on any atom is -0.310 e. The lowest BCUT2D eigenvalue weighted by Crippen LogP contribution is -2.22. The molecule has 0 heterocycles. The van der Waals surface area contributed by atoms with Crippen LogP contribution in [0.15, 0.2) is 16.6 Å². The molecule has 1 saturated carbocycles. The SMILES string of the molecule is CCNC(CC1CC1)c1cc(F)c(Br)cc1F. The average molecular weight is 304 g/mol. The van der Waals surface area contributed by atoms with Crippen LogP contribution in [0.1, 0.15) is 37.8 Å². The maximum atomic E-state index is 13.8. The Bertz CT molecular complexity index is 405. The van der Waals surface area contributed by atoms with Crippen LogP contribution in [-0.2, 0) is 0 Å². The molecule has 1 aromatic rings. The number of rotatable bonds is 5. The first-order valence-corrected chi connectivity index (χ1v) is 6.79. The molecule has 1 atom stereocenters. The third-order valence-electron chi connectivity index (χ3n) is 3.13. The summed E-state index contributed by atoms with van der Waals surface area (Å²) in [5.41, 5.74) is 0.444. The van der Waals surface area contributed by atoms with Crippen molar-refractivity contribution < 1.29 is 8.78 Å². The number of halogens is 3. The summed E-state index contributed by atoms with van der Waals surface area (Å²) in [5, 5.41) is 3.24. The molecule has 94 valence electrons. The van der Waals surface area contributed by atoms with E-state index >= 15 is 0 Å². The molecule has 1 aliphatic carbocycles. The van der Waals surface area contributed by atoms with Crippen LogP contribution in [0.4, 0.5) is 8.78 Å². The molecule has 1 aromatic carbocycles. The summed E-state index contributed by atoms with van der Waals surface area (Å²) in [6, 6.07) is 2.44. The lowest BCUT2D eigenvalue weighted by Gasteiger charge is -2.19. The molecule has 0 saturated heterocycles. The first-order chi connectivity index (χ1) is 8.11.